The zero-order chi connectivity index (χ0) is 14.0. The van der Waals surface area contributed by atoms with E-state index in [1.807, 2.05) is 0 Å². The summed E-state index contributed by atoms with van der Waals surface area (Å²) >= 11 is 15.0. The summed E-state index contributed by atoms with van der Waals surface area (Å²) in [7, 11) is 0. The highest BCUT2D eigenvalue weighted by Crippen LogP contribution is 2.24. The Labute approximate surface area is 128 Å². The van der Waals surface area contributed by atoms with Gasteiger partial charge in [0.15, 0.2) is 5.78 Å². The smallest absolute Gasteiger partial charge is 0.168 e. The minimum absolute atomic E-state index is 0.110. The van der Waals surface area contributed by atoms with E-state index in [-0.39, 0.29) is 17.2 Å². The Morgan fingerprint density at radius 2 is 1.89 bits per heavy atom. The van der Waals surface area contributed by atoms with Gasteiger partial charge in [-0.15, -0.1) is 0 Å². The molecule has 0 spiro atoms. The molecule has 0 saturated heterocycles. The fourth-order valence-electron chi connectivity index (χ4n) is 1.65. The monoisotopic (exact) mass is 360 g/mol. The summed E-state index contributed by atoms with van der Waals surface area (Å²) < 4.78 is 13.6. The molecular formula is C14H8BrCl2FO. The Balaban J connectivity index is 2.25. The molecule has 2 rings (SSSR count). The Hall–Kier alpha value is -0.900. The van der Waals surface area contributed by atoms with Crippen molar-refractivity contribution in [3.63, 3.8) is 0 Å². The summed E-state index contributed by atoms with van der Waals surface area (Å²) in [4.78, 5) is 12.2. The van der Waals surface area contributed by atoms with Gasteiger partial charge in [0.1, 0.15) is 5.82 Å². The van der Waals surface area contributed by atoms with E-state index < -0.39 is 5.82 Å². The third kappa shape index (κ3) is 3.56. The lowest BCUT2D eigenvalue weighted by atomic mass is 10.0. The second-order valence-corrected chi connectivity index (χ2v) is 5.66. The van der Waals surface area contributed by atoms with Crippen LogP contribution in [0.5, 0.6) is 0 Å². The predicted octanol–water partition coefficient (Wildman–Crippen LogP) is 5.32. The van der Waals surface area contributed by atoms with Gasteiger partial charge in [-0.2, -0.15) is 0 Å². The van der Waals surface area contributed by atoms with Crippen LogP contribution in [-0.4, -0.2) is 5.78 Å². The van der Waals surface area contributed by atoms with Crippen molar-refractivity contribution in [1.82, 2.24) is 0 Å². The van der Waals surface area contributed by atoms with Gasteiger partial charge in [0, 0.05) is 26.5 Å². The Bertz CT molecular complexity index is 643. The second kappa shape index (κ2) is 6.04. The van der Waals surface area contributed by atoms with Gasteiger partial charge in [-0.05, 0) is 51.8 Å². The Morgan fingerprint density at radius 1 is 1.16 bits per heavy atom. The summed E-state index contributed by atoms with van der Waals surface area (Å²) in [5.74, 6) is -0.536. The summed E-state index contributed by atoms with van der Waals surface area (Å²) in [5, 5.41) is 0.793. The summed E-state index contributed by atoms with van der Waals surface area (Å²) in [6.07, 6.45) is 0.110. The molecule has 0 aliphatic heterocycles. The highest BCUT2D eigenvalue weighted by molar-refractivity contribution is 9.10. The van der Waals surface area contributed by atoms with Gasteiger partial charge in [-0.3, -0.25) is 4.79 Å². The fourth-order valence-corrected chi connectivity index (χ4v) is 2.79. The first kappa shape index (κ1) is 14.5. The van der Waals surface area contributed by atoms with Crippen LogP contribution in [0.2, 0.25) is 10.0 Å². The molecule has 0 atom stereocenters. The molecule has 0 aliphatic rings. The van der Waals surface area contributed by atoms with E-state index in [2.05, 4.69) is 15.9 Å². The third-order valence-electron chi connectivity index (χ3n) is 2.60. The van der Waals surface area contributed by atoms with Crippen LogP contribution in [0, 0.1) is 5.82 Å². The normalized spacial score (nSPS) is 10.5. The molecule has 0 unspecified atom stereocenters. The first-order chi connectivity index (χ1) is 8.97. The van der Waals surface area contributed by atoms with Crippen LogP contribution in [0.15, 0.2) is 40.9 Å². The van der Waals surface area contributed by atoms with E-state index in [0.717, 1.165) is 0 Å². The van der Waals surface area contributed by atoms with Crippen LogP contribution in [0.1, 0.15) is 15.9 Å². The van der Waals surface area contributed by atoms with Crippen LogP contribution in [-0.2, 0) is 6.42 Å². The zero-order valence-corrected chi connectivity index (χ0v) is 12.7. The molecule has 0 radical (unpaired) electrons. The van der Waals surface area contributed by atoms with Gasteiger partial charge < -0.3 is 0 Å². The van der Waals surface area contributed by atoms with E-state index in [9.17, 15) is 9.18 Å². The number of rotatable bonds is 3. The number of benzene rings is 2. The van der Waals surface area contributed by atoms with E-state index >= 15 is 0 Å². The number of ketones is 1. The van der Waals surface area contributed by atoms with Gasteiger partial charge in [-0.1, -0.05) is 29.3 Å². The van der Waals surface area contributed by atoms with Crippen molar-refractivity contribution in [3.05, 3.63) is 67.9 Å². The molecule has 2 aromatic carbocycles. The maximum absolute atomic E-state index is 12.9. The summed E-state index contributed by atoms with van der Waals surface area (Å²) in [6.45, 7) is 0. The molecule has 0 heterocycles. The number of hydrogen-bond acceptors (Lipinski definition) is 1. The number of Topliss-reactive ketones (excluding diaryl/α,β-unsaturated/α-hetero) is 1. The molecule has 0 fully saturated rings. The maximum Gasteiger partial charge on any atom is 0.168 e. The van der Waals surface area contributed by atoms with Crippen LogP contribution in [0.4, 0.5) is 4.39 Å². The second-order valence-electron chi connectivity index (χ2n) is 3.96. The van der Waals surface area contributed by atoms with E-state index in [4.69, 9.17) is 23.2 Å². The number of hydrogen-bond donors (Lipinski definition) is 0. The summed E-state index contributed by atoms with van der Waals surface area (Å²) in [5.41, 5.74) is 1.11. The molecule has 0 N–H and O–H groups in total. The van der Waals surface area contributed by atoms with Gasteiger partial charge in [0.2, 0.25) is 0 Å². The molecule has 0 saturated carbocycles. The lowest BCUT2D eigenvalue weighted by Gasteiger charge is -2.06. The first-order valence-corrected chi connectivity index (χ1v) is 6.94. The van der Waals surface area contributed by atoms with Crippen molar-refractivity contribution in [3.8, 4) is 0 Å². The van der Waals surface area contributed by atoms with Crippen LogP contribution >= 0.6 is 39.1 Å². The maximum atomic E-state index is 12.9. The number of carbonyl (C=O) groups is 1. The Morgan fingerprint density at radius 3 is 2.53 bits per heavy atom. The Kier molecular flexibility index (Phi) is 4.61. The largest absolute Gasteiger partial charge is 0.294 e. The standard InChI is InChI=1S/C14H8BrCl2FO/c15-12-6-9(16)2-4-11(12)14(19)5-8-1-3-10(18)7-13(8)17/h1-4,6-7H,5H2. The van der Waals surface area contributed by atoms with Crippen molar-refractivity contribution < 1.29 is 9.18 Å². The lowest BCUT2D eigenvalue weighted by molar-refractivity contribution is 0.0992. The molecule has 98 valence electrons. The molecule has 0 bridgehead atoms. The topological polar surface area (TPSA) is 17.1 Å². The fraction of sp³-hybridized carbons (Fsp3) is 0.0714. The predicted molar refractivity (Wildman–Crippen MR) is 78.6 cm³/mol. The third-order valence-corrected chi connectivity index (χ3v) is 3.84. The minimum Gasteiger partial charge on any atom is -0.294 e. The van der Waals surface area contributed by atoms with Crippen molar-refractivity contribution in [1.29, 1.82) is 0 Å². The SMILES string of the molecule is O=C(Cc1ccc(F)cc1Cl)c1ccc(Cl)cc1Br. The van der Waals surface area contributed by atoms with Crippen LogP contribution < -0.4 is 0 Å². The van der Waals surface area contributed by atoms with E-state index in [0.29, 0.717) is 20.6 Å². The van der Waals surface area contributed by atoms with Gasteiger partial charge in [0.05, 0.1) is 0 Å². The molecule has 5 heteroatoms. The van der Waals surface area contributed by atoms with Crippen LogP contribution in [0.3, 0.4) is 0 Å². The molecule has 0 aliphatic carbocycles. The van der Waals surface area contributed by atoms with E-state index in [1.54, 1.807) is 18.2 Å². The molecular weight excluding hydrogens is 354 g/mol. The van der Waals surface area contributed by atoms with Crippen molar-refractivity contribution in [2.24, 2.45) is 0 Å². The lowest BCUT2D eigenvalue weighted by Crippen LogP contribution is -2.05. The van der Waals surface area contributed by atoms with Crippen LogP contribution in [0.25, 0.3) is 0 Å². The van der Waals surface area contributed by atoms with Gasteiger partial charge in [0.25, 0.3) is 0 Å². The molecule has 0 aromatic heterocycles. The summed E-state index contributed by atoms with van der Waals surface area (Å²) in [6, 6.07) is 8.94. The number of halogens is 4. The molecule has 0 amide bonds. The van der Waals surface area contributed by atoms with Crippen molar-refractivity contribution >= 4 is 44.9 Å². The highest BCUT2D eigenvalue weighted by atomic mass is 79.9. The average molecular weight is 362 g/mol. The number of carbonyl (C=O) groups excluding carboxylic acids is 1. The minimum atomic E-state index is -0.422. The zero-order valence-electron chi connectivity index (χ0n) is 9.59. The van der Waals surface area contributed by atoms with Gasteiger partial charge in [-0.25, -0.2) is 4.39 Å². The molecule has 19 heavy (non-hydrogen) atoms. The van der Waals surface area contributed by atoms with Crippen molar-refractivity contribution in [2.75, 3.05) is 0 Å². The molecule has 2 aromatic rings. The van der Waals surface area contributed by atoms with E-state index in [1.165, 1.54) is 18.2 Å². The average Bonchev–Trinajstić information content (AvgIpc) is 2.32. The quantitative estimate of drug-likeness (QED) is 0.676. The van der Waals surface area contributed by atoms with Gasteiger partial charge >= 0.3 is 0 Å². The molecule has 1 nitrogen and oxygen atoms in total. The highest BCUT2D eigenvalue weighted by Gasteiger charge is 2.13. The first-order valence-electron chi connectivity index (χ1n) is 5.39. The van der Waals surface area contributed by atoms with Crippen molar-refractivity contribution in [2.45, 2.75) is 6.42 Å².